The molecule has 3 nitrogen and oxygen atoms in total. The van der Waals surface area contributed by atoms with E-state index in [1.165, 1.54) is 0 Å². The molecule has 1 aliphatic heterocycles. The maximum absolute atomic E-state index is 5.84. The van der Waals surface area contributed by atoms with Gasteiger partial charge in [0.15, 0.2) is 17.8 Å². The summed E-state index contributed by atoms with van der Waals surface area (Å²) < 4.78 is -8.67. The van der Waals surface area contributed by atoms with E-state index in [0.29, 0.717) is 0 Å². The molecular formula is C7HCl12N3. The molecule has 1 unspecified atom stereocenters. The van der Waals surface area contributed by atoms with Crippen molar-refractivity contribution >= 4 is 151 Å². The summed E-state index contributed by atoms with van der Waals surface area (Å²) in [7, 11) is 0. The summed E-state index contributed by atoms with van der Waals surface area (Å²) in [5.41, 5.74) is 0. The number of halogens is 12. The monoisotopic (exact) mass is 547 g/mol. The van der Waals surface area contributed by atoms with E-state index >= 15 is 0 Å². The molecule has 0 spiro atoms. The van der Waals surface area contributed by atoms with E-state index in [0.717, 1.165) is 4.90 Å². The number of alkyl halides is 12. The van der Waals surface area contributed by atoms with Crippen molar-refractivity contribution in [3.63, 3.8) is 0 Å². The highest BCUT2D eigenvalue weighted by Crippen LogP contribution is 2.48. The Morgan fingerprint density at radius 3 is 1.45 bits per heavy atom. The van der Waals surface area contributed by atoms with Gasteiger partial charge in [-0.15, -0.1) is 0 Å². The molecule has 1 atom stereocenters. The second-order valence-corrected chi connectivity index (χ2v) is 12.8. The summed E-state index contributed by atoms with van der Waals surface area (Å²) in [4.78, 5) is 8.44. The van der Waals surface area contributed by atoms with Crippen LogP contribution >= 0.6 is 139 Å². The van der Waals surface area contributed by atoms with Crippen LogP contribution in [-0.4, -0.2) is 38.0 Å². The van der Waals surface area contributed by atoms with Gasteiger partial charge in [-0.05, 0) is 0 Å². The Hall–Kier alpha value is 2.62. The molecule has 0 N–H and O–H groups in total. The van der Waals surface area contributed by atoms with Crippen LogP contribution in [0.3, 0.4) is 0 Å². The first-order valence-electron chi connectivity index (χ1n) is 4.69. The normalized spacial score (nSPS) is 21.6. The maximum Gasteiger partial charge on any atom is 0.271 e. The number of hydrogen-bond acceptors (Lipinski definition) is 3. The molecule has 0 bridgehead atoms. The van der Waals surface area contributed by atoms with Crippen LogP contribution in [0, 0.1) is 0 Å². The molecule has 1 rings (SSSR count). The van der Waals surface area contributed by atoms with E-state index in [9.17, 15) is 0 Å². The summed E-state index contributed by atoms with van der Waals surface area (Å²) >= 11 is 69.6. The second-order valence-electron chi connectivity index (χ2n) is 3.64. The average molecular weight is 553 g/mol. The lowest BCUT2D eigenvalue weighted by Crippen LogP contribution is -2.58. The Labute approximate surface area is 185 Å². The lowest BCUT2D eigenvalue weighted by atomic mass is 10.4. The fourth-order valence-electron chi connectivity index (χ4n) is 1.29. The van der Waals surface area contributed by atoms with Gasteiger partial charge in [0.05, 0.1) is 0 Å². The Balaban J connectivity index is 3.61. The zero-order valence-electron chi connectivity index (χ0n) is 9.45. The van der Waals surface area contributed by atoms with E-state index in [2.05, 4.69) is 9.98 Å². The third-order valence-corrected chi connectivity index (χ3v) is 4.15. The van der Waals surface area contributed by atoms with Crippen LogP contribution in [0.2, 0.25) is 0 Å². The fraction of sp³-hybridized carbons (Fsp3) is 0.714. The predicted octanol–water partition coefficient (Wildman–Crippen LogP) is 6.86. The molecule has 128 valence electrons. The molecule has 0 saturated carbocycles. The lowest BCUT2D eigenvalue weighted by Gasteiger charge is -2.43. The summed E-state index contributed by atoms with van der Waals surface area (Å²) in [6, 6.07) is 0. The van der Waals surface area contributed by atoms with Crippen molar-refractivity contribution in [2.24, 2.45) is 9.98 Å². The van der Waals surface area contributed by atoms with Crippen LogP contribution in [0.15, 0.2) is 9.98 Å². The molecular weight excluding hydrogens is 552 g/mol. The van der Waals surface area contributed by atoms with Gasteiger partial charge in [0, 0.05) is 0 Å². The quantitative estimate of drug-likeness (QED) is 0.238. The zero-order valence-corrected chi connectivity index (χ0v) is 18.5. The first-order valence-corrected chi connectivity index (χ1v) is 9.23. The van der Waals surface area contributed by atoms with Crippen LogP contribution < -0.4 is 0 Å². The summed E-state index contributed by atoms with van der Waals surface area (Å²) in [6.45, 7) is 0. The number of hydrogen-bond donors (Lipinski definition) is 0. The smallest absolute Gasteiger partial charge is 0.271 e. The summed E-state index contributed by atoms with van der Waals surface area (Å²) in [6.07, 6.45) is -1.50. The Morgan fingerprint density at radius 1 is 0.727 bits per heavy atom. The van der Waals surface area contributed by atoms with Crippen LogP contribution in [-0.2, 0) is 0 Å². The highest BCUT2D eigenvalue weighted by molar-refractivity contribution is 6.80. The number of rotatable bonds is 0. The molecule has 22 heavy (non-hydrogen) atoms. The molecule has 0 radical (unpaired) electrons. The van der Waals surface area contributed by atoms with Crippen molar-refractivity contribution < 1.29 is 0 Å². The van der Waals surface area contributed by atoms with Gasteiger partial charge in [-0.3, -0.25) is 4.90 Å². The third kappa shape index (κ3) is 5.82. The molecule has 0 aromatic heterocycles. The van der Waals surface area contributed by atoms with E-state index in [1.54, 1.807) is 0 Å². The highest BCUT2D eigenvalue weighted by Gasteiger charge is 2.54. The highest BCUT2D eigenvalue weighted by atomic mass is 35.6. The number of amidine groups is 2. The molecule has 0 amide bonds. The van der Waals surface area contributed by atoms with E-state index in [1.807, 2.05) is 0 Å². The largest absolute Gasteiger partial charge is 0.285 e. The molecule has 0 aromatic carbocycles. The molecule has 0 saturated heterocycles. The fourth-order valence-corrected chi connectivity index (χ4v) is 2.92. The van der Waals surface area contributed by atoms with Gasteiger partial charge < -0.3 is 0 Å². The summed E-state index contributed by atoms with van der Waals surface area (Å²) in [5, 5.41) is 0. The van der Waals surface area contributed by atoms with E-state index in [4.69, 9.17) is 139 Å². The topological polar surface area (TPSA) is 28.0 Å². The number of nitrogens with zero attached hydrogens (tertiary/aromatic N) is 3. The van der Waals surface area contributed by atoms with Crippen LogP contribution in [0.25, 0.3) is 0 Å². The van der Waals surface area contributed by atoms with Crippen LogP contribution in [0.1, 0.15) is 0 Å². The van der Waals surface area contributed by atoms with E-state index < -0.39 is 33.1 Å². The second kappa shape index (κ2) is 7.32. The van der Waals surface area contributed by atoms with Gasteiger partial charge in [0.2, 0.25) is 11.4 Å². The van der Waals surface area contributed by atoms with Gasteiger partial charge >= 0.3 is 0 Å². The van der Waals surface area contributed by atoms with Gasteiger partial charge in [-0.1, -0.05) is 139 Å². The minimum atomic E-state index is -2.24. The lowest BCUT2D eigenvalue weighted by molar-refractivity contribution is 0.314. The van der Waals surface area contributed by atoms with Crippen molar-refractivity contribution in [1.82, 2.24) is 4.90 Å². The zero-order chi connectivity index (χ0) is 17.7. The molecule has 1 heterocycles. The summed E-state index contributed by atoms with van der Waals surface area (Å²) in [5.74, 6) is -0.870. The SMILES string of the molecule is ClC(Cl)(Cl)C1=NC(C(Cl)(Cl)Cl)N(C(Cl)(Cl)Cl)C(C(Cl)(Cl)Cl)=N1. The van der Waals surface area contributed by atoms with Crippen molar-refractivity contribution in [2.45, 2.75) is 21.5 Å². The molecule has 0 aliphatic carbocycles. The number of aliphatic imine (C=N–C) groups is 2. The minimum Gasteiger partial charge on any atom is -0.285 e. The molecule has 15 heteroatoms. The Kier molecular flexibility index (Phi) is 7.54. The van der Waals surface area contributed by atoms with E-state index in [-0.39, 0.29) is 0 Å². The van der Waals surface area contributed by atoms with Crippen molar-refractivity contribution in [2.75, 3.05) is 0 Å². The van der Waals surface area contributed by atoms with Gasteiger partial charge in [0.25, 0.3) is 3.92 Å². The average Bonchev–Trinajstić information content (AvgIpc) is 2.22. The Morgan fingerprint density at radius 2 is 1.18 bits per heavy atom. The first kappa shape index (κ1) is 22.7. The molecule has 0 aromatic rings. The van der Waals surface area contributed by atoms with Crippen molar-refractivity contribution in [3.05, 3.63) is 0 Å². The van der Waals surface area contributed by atoms with Crippen LogP contribution in [0.4, 0.5) is 0 Å². The van der Waals surface area contributed by atoms with Crippen molar-refractivity contribution in [3.8, 4) is 0 Å². The van der Waals surface area contributed by atoms with Crippen molar-refractivity contribution in [1.29, 1.82) is 0 Å². The molecule has 1 aliphatic rings. The van der Waals surface area contributed by atoms with Gasteiger partial charge in [-0.25, -0.2) is 9.98 Å². The maximum atomic E-state index is 5.84. The third-order valence-electron chi connectivity index (χ3n) is 2.00. The first-order chi connectivity index (χ1) is 9.45. The minimum absolute atomic E-state index is 0.416. The Bertz CT molecular complexity index is 489. The standard InChI is InChI=1S/C7HCl12N3/c8-4(9,10)1-20-2(5(11,12)13)22(7(17,18)19)3(21-1)6(14,15)16/h2H. The van der Waals surface area contributed by atoms with Gasteiger partial charge in [0.1, 0.15) is 0 Å². The predicted molar refractivity (Wildman–Crippen MR) is 102 cm³/mol. The molecule has 0 fully saturated rings. The van der Waals surface area contributed by atoms with Crippen LogP contribution in [0.5, 0.6) is 0 Å². The van der Waals surface area contributed by atoms with Gasteiger partial charge in [-0.2, -0.15) is 0 Å².